The second-order valence-electron chi connectivity index (χ2n) is 8.69. The SMILES string of the molecule is NC(=O)Oc1ccccc1NC(=O)c1ccc(CNC(=O)c2cc(-c3ccccc3)nc3ccccc23)cc1. The number of rotatable bonds is 7. The number of primary amides is 1. The largest absolute Gasteiger partial charge is 0.410 e. The molecular formula is C31H24N4O4. The minimum absolute atomic E-state index is 0.150. The monoisotopic (exact) mass is 516 g/mol. The molecule has 0 saturated heterocycles. The number of carbonyl (C=O) groups excluding carboxylic acids is 3. The first kappa shape index (κ1) is 25.2. The van der Waals surface area contributed by atoms with Gasteiger partial charge in [0.25, 0.3) is 11.8 Å². The number of ether oxygens (including phenoxy) is 1. The number of fused-ring (bicyclic) bond motifs is 1. The maximum absolute atomic E-state index is 13.3. The molecule has 0 fully saturated rings. The lowest BCUT2D eigenvalue weighted by Gasteiger charge is -2.12. The molecule has 0 spiro atoms. The van der Waals surface area contributed by atoms with Crippen LogP contribution >= 0.6 is 0 Å². The van der Waals surface area contributed by atoms with Crippen molar-refractivity contribution in [1.82, 2.24) is 10.3 Å². The average molecular weight is 517 g/mol. The van der Waals surface area contributed by atoms with Gasteiger partial charge in [-0.15, -0.1) is 0 Å². The third-order valence-electron chi connectivity index (χ3n) is 6.05. The highest BCUT2D eigenvalue weighted by molar-refractivity contribution is 6.07. The van der Waals surface area contributed by atoms with Crippen molar-refractivity contribution in [2.75, 3.05) is 5.32 Å². The molecule has 0 unspecified atom stereocenters. The van der Waals surface area contributed by atoms with Crippen LogP contribution in [0.4, 0.5) is 10.5 Å². The Labute approximate surface area is 224 Å². The van der Waals surface area contributed by atoms with E-state index in [1.807, 2.05) is 54.6 Å². The van der Waals surface area contributed by atoms with E-state index in [9.17, 15) is 14.4 Å². The zero-order chi connectivity index (χ0) is 27.2. The van der Waals surface area contributed by atoms with Crippen LogP contribution in [0.5, 0.6) is 5.75 Å². The summed E-state index contributed by atoms with van der Waals surface area (Å²) in [5.41, 5.74) is 9.54. The summed E-state index contributed by atoms with van der Waals surface area (Å²) < 4.78 is 4.93. The highest BCUT2D eigenvalue weighted by atomic mass is 16.5. The Morgan fingerprint density at radius 3 is 2.23 bits per heavy atom. The van der Waals surface area contributed by atoms with Gasteiger partial charge in [-0.1, -0.05) is 72.8 Å². The molecule has 0 aliphatic heterocycles. The van der Waals surface area contributed by atoms with E-state index in [-0.39, 0.29) is 24.1 Å². The minimum atomic E-state index is -0.973. The first-order chi connectivity index (χ1) is 19.0. The van der Waals surface area contributed by atoms with Gasteiger partial charge in [-0.25, -0.2) is 9.78 Å². The minimum Gasteiger partial charge on any atom is -0.408 e. The van der Waals surface area contributed by atoms with Crippen molar-refractivity contribution in [3.8, 4) is 17.0 Å². The molecule has 0 radical (unpaired) electrons. The molecule has 3 amide bonds. The van der Waals surface area contributed by atoms with Crippen molar-refractivity contribution < 1.29 is 19.1 Å². The van der Waals surface area contributed by atoms with Gasteiger partial charge >= 0.3 is 6.09 Å². The second kappa shape index (κ2) is 11.3. The number of benzene rings is 4. The number of hydrogen-bond acceptors (Lipinski definition) is 5. The molecule has 1 heterocycles. The molecule has 8 nitrogen and oxygen atoms in total. The Kier molecular flexibility index (Phi) is 7.27. The number of anilines is 1. The Morgan fingerprint density at radius 1 is 0.769 bits per heavy atom. The van der Waals surface area contributed by atoms with Crippen molar-refractivity contribution in [2.24, 2.45) is 5.73 Å². The van der Waals surface area contributed by atoms with Gasteiger partial charge in [-0.2, -0.15) is 0 Å². The molecule has 0 aliphatic carbocycles. The first-order valence-electron chi connectivity index (χ1n) is 12.2. The van der Waals surface area contributed by atoms with Gasteiger partial charge in [0.1, 0.15) is 0 Å². The zero-order valence-corrected chi connectivity index (χ0v) is 20.8. The molecule has 4 aromatic carbocycles. The van der Waals surface area contributed by atoms with Crippen molar-refractivity contribution in [3.05, 3.63) is 126 Å². The smallest absolute Gasteiger partial charge is 0.408 e. The van der Waals surface area contributed by atoms with Crippen LogP contribution in [0.3, 0.4) is 0 Å². The van der Waals surface area contributed by atoms with Crippen LogP contribution in [0.1, 0.15) is 26.3 Å². The fraction of sp³-hybridized carbons (Fsp3) is 0.0323. The van der Waals surface area contributed by atoms with Gasteiger partial charge in [0.15, 0.2) is 5.75 Å². The molecular weight excluding hydrogens is 492 g/mol. The van der Waals surface area contributed by atoms with Gasteiger partial charge in [-0.05, 0) is 42.0 Å². The normalized spacial score (nSPS) is 10.6. The Balaban J connectivity index is 1.29. The lowest BCUT2D eigenvalue weighted by molar-refractivity contribution is 0.0951. The van der Waals surface area contributed by atoms with Gasteiger partial charge in [-0.3, -0.25) is 9.59 Å². The fourth-order valence-corrected chi connectivity index (χ4v) is 4.13. The third-order valence-corrected chi connectivity index (χ3v) is 6.05. The Bertz CT molecular complexity index is 1670. The maximum atomic E-state index is 13.3. The molecule has 0 atom stereocenters. The Hall–Kier alpha value is -5.50. The van der Waals surface area contributed by atoms with Gasteiger partial charge in [0.2, 0.25) is 0 Å². The number of nitrogens with one attached hydrogen (secondary N) is 2. The van der Waals surface area contributed by atoms with Crippen LogP contribution in [0.2, 0.25) is 0 Å². The third kappa shape index (κ3) is 5.91. The summed E-state index contributed by atoms with van der Waals surface area (Å²) in [6.45, 7) is 0.271. The quantitative estimate of drug-likeness (QED) is 0.262. The zero-order valence-electron chi connectivity index (χ0n) is 20.8. The molecule has 1 aromatic heterocycles. The topological polar surface area (TPSA) is 123 Å². The number of para-hydroxylation sites is 3. The average Bonchev–Trinajstić information content (AvgIpc) is 2.96. The van der Waals surface area contributed by atoms with E-state index < -0.39 is 6.09 Å². The predicted octanol–water partition coefficient (Wildman–Crippen LogP) is 5.54. The van der Waals surface area contributed by atoms with E-state index in [4.69, 9.17) is 15.5 Å². The molecule has 8 heteroatoms. The molecule has 39 heavy (non-hydrogen) atoms. The van der Waals surface area contributed by atoms with Gasteiger partial charge in [0.05, 0.1) is 22.5 Å². The lowest BCUT2D eigenvalue weighted by Crippen LogP contribution is -2.23. The van der Waals surface area contributed by atoms with Crippen LogP contribution in [0.15, 0.2) is 109 Å². The molecule has 0 saturated carbocycles. The highest BCUT2D eigenvalue weighted by Crippen LogP contribution is 2.26. The van der Waals surface area contributed by atoms with E-state index in [0.717, 1.165) is 27.7 Å². The number of hydrogen-bond donors (Lipinski definition) is 3. The summed E-state index contributed by atoms with van der Waals surface area (Å²) in [6, 6.07) is 32.4. The second-order valence-corrected chi connectivity index (χ2v) is 8.69. The van der Waals surface area contributed by atoms with E-state index in [0.29, 0.717) is 16.8 Å². The van der Waals surface area contributed by atoms with Crippen LogP contribution in [-0.2, 0) is 6.54 Å². The molecule has 0 aliphatic rings. The fourth-order valence-electron chi connectivity index (χ4n) is 4.13. The maximum Gasteiger partial charge on any atom is 0.410 e. The molecule has 5 aromatic rings. The number of carbonyl (C=O) groups is 3. The number of aromatic nitrogens is 1. The first-order valence-corrected chi connectivity index (χ1v) is 12.2. The van der Waals surface area contributed by atoms with E-state index in [1.54, 1.807) is 48.5 Å². The number of amides is 3. The number of nitrogens with two attached hydrogens (primary N) is 1. The van der Waals surface area contributed by atoms with E-state index in [1.165, 1.54) is 6.07 Å². The van der Waals surface area contributed by atoms with Crippen LogP contribution in [-0.4, -0.2) is 22.9 Å². The summed E-state index contributed by atoms with van der Waals surface area (Å²) in [6.07, 6.45) is -0.973. The van der Waals surface area contributed by atoms with Gasteiger partial charge in [0, 0.05) is 23.1 Å². The van der Waals surface area contributed by atoms with Crippen molar-refractivity contribution in [1.29, 1.82) is 0 Å². The molecule has 0 bridgehead atoms. The summed E-state index contributed by atoms with van der Waals surface area (Å²) in [7, 11) is 0. The molecule has 5 rings (SSSR count). The van der Waals surface area contributed by atoms with E-state index >= 15 is 0 Å². The Morgan fingerprint density at radius 2 is 1.46 bits per heavy atom. The van der Waals surface area contributed by atoms with Gasteiger partial charge < -0.3 is 21.1 Å². The summed E-state index contributed by atoms with van der Waals surface area (Å²) >= 11 is 0. The highest BCUT2D eigenvalue weighted by Gasteiger charge is 2.15. The van der Waals surface area contributed by atoms with Crippen LogP contribution < -0.4 is 21.1 Å². The summed E-state index contributed by atoms with van der Waals surface area (Å²) in [4.78, 5) is 41.8. The van der Waals surface area contributed by atoms with E-state index in [2.05, 4.69) is 10.6 Å². The molecule has 192 valence electrons. The van der Waals surface area contributed by atoms with Crippen LogP contribution in [0, 0.1) is 0 Å². The van der Waals surface area contributed by atoms with Crippen molar-refractivity contribution in [2.45, 2.75) is 6.54 Å². The standard InChI is InChI=1S/C31H24N4O4/c32-31(38)39-28-13-7-6-12-26(28)35-29(36)22-16-14-20(15-17-22)19-33-30(37)24-18-27(21-8-2-1-3-9-21)34-25-11-5-4-10-23(24)25/h1-18H,19H2,(H2,32,38)(H,33,37)(H,35,36). The summed E-state index contributed by atoms with van der Waals surface area (Å²) in [5, 5.41) is 6.45. The van der Waals surface area contributed by atoms with Crippen LogP contribution in [0.25, 0.3) is 22.2 Å². The van der Waals surface area contributed by atoms with Crippen molar-refractivity contribution >= 4 is 34.5 Å². The lowest BCUT2D eigenvalue weighted by atomic mass is 10.0. The van der Waals surface area contributed by atoms with Crippen molar-refractivity contribution in [3.63, 3.8) is 0 Å². The number of nitrogens with zero attached hydrogens (tertiary/aromatic N) is 1. The summed E-state index contributed by atoms with van der Waals surface area (Å²) in [5.74, 6) is -0.460. The predicted molar refractivity (Wildman–Crippen MR) is 149 cm³/mol. The number of pyridine rings is 1. The molecule has 4 N–H and O–H groups in total.